The SMILES string of the molecule is COc1ccc(Oc2ccc(N3C[C@@H](C(=O)OCC(=O)Nc4ccc(F)cc4)CC3=O)cc2)cc1. The average molecular weight is 478 g/mol. The number of hydrogen-bond acceptors (Lipinski definition) is 6. The van der Waals surface area contributed by atoms with Crippen molar-refractivity contribution in [3.63, 3.8) is 0 Å². The average Bonchev–Trinajstić information content (AvgIpc) is 3.26. The smallest absolute Gasteiger partial charge is 0.311 e. The minimum atomic E-state index is -0.684. The van der Waals surface area contributed by atoms with Crippen molar-refractivity contribution in [3.05, 3.63) is 78.6 Å². The van der Waals surface area contributed by atoms with Crippen LogP contribution in [0.1, 0.15) is 6.42 Å². The number of rotatable bonds is 8. The third-order valence-electron chi connectivity index (χ3n) is 5.38. The highest BCUT2D eigenvalue weighted by molar-refractivity contribution is 6.00. The minimum Gasteiger partial charge on any atom is -0.497 e. The summed E-state index contributed by atoms with van der Waals surface area (Å²) in [6.45, 7) is -0.353. The van der Waals surface area contributed by atoms with Crippen LogP contribution < -0.4 is 19.7 Å². The maximum Gasteiger partial charge on any atom is 0.311 e. The number of esters is 1. The zero-order valence-electron chi connectivity index (χ0n) is 18.9. The van der Waals surface area contributed by atoms with Crippen molar-refractivity contribution in [1.82, 2.24) is 0 Å². The number of halogens is 1. The van der Waals surface area contributed by atoms with Crippen LogP contribution >= 0.6 is 0 Å². The fourth-order valence-corrected chi connectivity index (χ4v) is 3.57. The summed E-state index contributed by atoms with van der Waals surface area (Å²) in [5.74, 6) is -0.557. The van der Waals surface area contributed by atoms with Gasteiger partial charge < -0.3 is 24.4 Å². The summed E-state index contributed by atoms with van der Waals surface area (Å²) in [5, 5.41) is 2.51. The van der Waals surface area contributed by atoms with Crippen molar-refractivity contribution in [2.75, 3.05) is 30.5 Å². The Labute approximate surface area is 201 Å². The number of benzene rings is 3. The van der Waals surface area contributed by atoms with Crippen LogP contribution in [0.15, 0.2) is 72.8 Å². The van der Waals surface area contributed by atoms with E-state index in [9.17, 15) is 18.8 Å². The lowest BCUT2D eigenvalue weighted by Crippen LogP contribution is -2.28. The maximum absolute atomic E-state index is 12.9. The first-order valence-corrected chi connectivity index (χ1v) is 10.9. The summed E-state index contributed by atoms with van der Waals surface area (Å²) >= 11 is 0. The van der Waals surface area contributed by atoms with Crippen LogP contribution in [-0.2, 0) is 19.1 Å². The van der Waals surface area contributed by atoms with E-state index in [1.807, 2.05) is 0 Å². The molecule has 9 heteroatoms. The highest BCUT2D eigenvalue weighted by atomic mass is 19.1. The second kappa shape index (κ2) is 10.7. The number of carbonyl (C=O) groups is 3. The van der Waals surface area contributed by atoms with E-state index in [0.717, 1.165) is 5.75 Å². The predicted molar refractivity (Wildman–Crippen MR) is 126 cm³/mol. The molecule has 1 aliphatic rings. The summed E-state index contributed by atoms with van der Waals surface area (Å²) in [6.07, 6.45) is -0.0114. The molecule has 0 unspecified atom stereocenters. The van der Waals surface area contributed by atoms with E-state index in [2.05, 4.69) is 5.32 Å². The molecule has 1 fully saturated rings. The fourth-order valence-electron chi connectivity index (χ4n) is 3.57. The van der Waals surface area contributed by atoms with Crippen LogP contribution in [0.3, 0.4) is 0 Å². The van der Waals surface area contributed by atoms with Crippen molar-refractivity contribution in [3.8, 4) is 17.2 Å². The van der Waals surface area contributed by atoms with Crippen molar-refractivity contribution in [2.24, 2.45) is 5.92 Å². The summed E-state index contributed by atoms with van der Waals surface area (Å²) in [7, 11) is 1.59. The van der Waals surface area contributed by atoms with E-state index in [0.29, 0.717) is 22.9 Å². The fraction of sp³-hybridized carbons (Fsp3) is 0.192. The van der Waals surface area contributed by atoms with Crippen LogP contribution in [-0.4, -0.2) is 38.0 Å². The lowest BCUT2D eigenvalue weighted by molar-refractivity contribution is -0.151. The molecular weight excluding hydrogens is 455 g/mol. The van der Waals surface area contributed by atoms with Gasteiger partial charge in [0.1, 0.15) is 23.1 Å². The van der Waals surface area contributed by atoms with E-state index in [1.54, 1.807) is 55.6 Å². The summed E-state index contributed by atoms with van der Waals surface area (Å²) < 4.78 is 29.0. The van der Waals surface area contributed by atoms with Crippen LogP contribution in [0.2, 0.25) is 0 Å². The molecule has 8 nitrogen and oxygen atoms in total. The van der Waals surface area contributed by atoms with Gasteiger partial charge in [-0.15, -0.1) is 0 Å². The molecule has 2 amide bonds. The number of methoxy groups -OCH3 is 1. The van der Waals surface area contributed by atoms with Crippen molar-refractivity contribution < 1.29 is 33.0 Å². The van der Waals surface area contributed by atoms with Crippen molar-refractivity contribution in [2.45, 2.75) is 6.42 Å². The number of carbonyl (C=O) groups excluding carboxylic acids is 3. The summed E-state index contributed by atoms with van der Waals surface area (Å²) in [5.41, 5.74) is 1.01. The van der Waals surface area contributed by atoms with Gasteiger partial charge in [-0.2, -0.15) is 0 Å². The first-order valence-electron chi connectivity index (χ1n) is 10.9. The lowest BCUT2D eigenvalue weighted by Gasteiger charge is -2.17. The molecule has 0 spiro atoms. The molecule has 1 heterocycles. The standard InChI is InChI=1S/C26H23FN2O6/c1-33-21-10-12-23(13-11-21)35-22-8-6-20(7-9-22)29-15-17(14-25(29)31)26(32)34-16-24(30)28-19-4-2-18(27)3-5-19/h2-13,17H,14-16H2,1H3,(H,28,30)/t17-/m0/s1. The lowest BCUT2D eigenvalue weighted by atomic mass is 10.1. The second-order valence-electron chi connectivity index (χ2n) is 7.84. The minimum absolute atomic E-state index is 0.0114. The Kier molecular flexibility index (Phi) is 7.25. The number of amides is 2. The summed E-state index contributed by atoms with van der Waals surface area (Å²) in [4.78, 5) is 38.4. The number of ether oxygens (including phenoxy) is 3. The molecule has 0 bridgehead atoms. The molecule has 4 rings (SSSR count). The topological polar surface area (TPSA) is 94.2 Å². The van der Waals surface area contributed by atoms with Gasteiger partial charge in [0.15, 0.2) is 6.61 Å². The van der Waals surface area contributed by atoms with E-state index < -0.39 is 30.2 Å². The van der Waals surface area contributed by atoms with Crippen LogP contribution in [0, 0.1) is 11.7 Å². The Morgan fingerprint density at radius 1 is 0.943 bits per heavy atom. The molecule has 1 N–H and O–H groups in total. The number of nitrogens with zero attached hydrogens (tertiary/aromatic N) is 1. The van der Waals surface area contributed by atoms with Gasteiger partial charge in [0.05, 0.1) is 13.0 Å². The van der Waals surface area contributed by atoms with Gasteiger partial charge in [0.25, 0.3) is 5.91 Å². The van der Waals surface area contributed by atoms with Gasteiger partial charge in [-0.25, -0.2) is 4.39 Å². The monoisotopic (exact) mass is 478 g/mol. The van der Waals surface area contributed by atoms with E-state index in [4.69, 9.17) is 14.2 Å². The first kappa shape index (κ1) is 23.7. The number of nitrogens with one attached hydrogen (secondary N) is 1. The molecule has 3 aromatic rings. The molecular formula is C26H23FN2O6. The van der Waals surface area contributed by atoms with Crippen LogP contribution in [0.25, 0.3) is 0 Å². The van der Waals surface area contributed by atoms with Crippen LogP contribution in [0.4, 0.5) is 15.8 Å². The molecule has 1 saturated heterocycles. The quantitative estimate of drug-likeness (QED) is 0.489. The van der Waals surface area contributed by atoms with Gasteiger partial charge in [-0.05, 0) is 72.8 Å². The Bertz CT molecular complexity index is 1200. The van der Waals surface area contributed by atoms with E-state index >= 15 is 0 Å². The largest absolute Gasteiger partial charge is 0.497 e. The van der Waals surface area contributed by atoms with Gasteiger partial charge >= 0.3 is 5.97 Å². The zero-order chi connectivity index (χ0) is 24.8. The highest BCUT2D eigenvalue weighted by Crippen LogP contribution is 2.29. The maximum atomic E-state index is 12.9. The molecule has 0 saturated carbocycles. The molecule has 0 aromatic heterocycles. The van der Waals surface area contributed by atoms with Crippen LogP contribution in [0.5, 0.6) is 17.2 Å². The van der Waals surface area contributed by atoms with Gasteiger partial charge in [-0.1, -0.05) is 0 Å². The van der Waals surface area contributed by atoms with Gasteiger partial charge in [-0.3, -0.25) is 14.4 Å². The number of hydrogen-bond donors (Lipinski definition) is 1. The summed E-state index contributed by atoms with van der Waals surface area (Å²) in [6, 6.07) is 19.3. The molecule has 1 atom stereocenters. The third kappa shape index (κ3) is 6.14. The molecule has 3 aromatic carbocycles. The molecule has 0 radical (unpaired) electrons. The Morgan fingerprint density at radius 3 is 2.17 bits per heavy atom. The molecule has 35 heavy (non-hydrogen) atoms. The highest BCUT2D eigenvalue weighted by Gasteiger charge is 2.36. The van der Waals surface area contributed by atoms with Gasteiger partial charge in [0.2, 0.25) is 5.91 Å². The van der Waals surface area contributed by atoms with Crippen molar-refractivity contribution in [1.29, 1.82) is 0 Å². The normalized spacial score (nSPS) is 15.0. The number of anilines is 2. The zero-order valence-corrected chi connectivity index (χ0v) is 18.9. The molecule has 1 aliphatic heterocycles. The Hall–Kier alpha value is -4.40. The predicted octanol–water partition coefficient (Wildman–Crippen LogP) is 4.16. The molecule has 0 aliphatic carbocycles. The van der Waals surface area contributed by atoms with Crippen molar-refractivity contribution >= 4 is 29.2 Å². The second-order valence-corrected chi connectivity index (χ2v) is 7.84. The first-order chi connectivity index (χ1) is 16.9. The Morgan fingerprint density at radius 2 is 1.54 bits per heavy atom. The third-order valence-corrected chi connectivity index (χ3v) is 5.38. The molecule has 180 valence electrons. The Balaban J connectivity index is 1.28. The van der Waals surface area contributed by atoms with E-state index in [-0.39, 0.29) is 18.9 Å². The van der Waals surface area contributed by atoms with Gasteiger partial charge in [0, 0.05) is 24.3 Å². The van der Waals surface area contributed by atoms with E-state index in [1.165, 1.54) is 29.2 Å².